The molecule has 69 heavy (non-hydrogen) atoms. The lowest BCUT2D eigenvalue weighted by molar-refractivity contribution is -0.870. The fourth-order valence-corrected chi connectivity index (χ4v) is 6.18. The Morgan fingerprint density at radius 1 is 0.449 bits per heavy atom. The van der Waals surface area contributed by atoms with Gasteiger partial charge in [0.1, 0.15) is 13.2 Å². The summed E-state index contributed by atoms with van der Waals surface area (Å²) in [5.74, 6) is -2.21. The Bertz CT molecular complexity index is 1630. The van der Waals surface area contributed by atoms with E-state index in [4.69, 9.17) is 18.9 Å². The zero-order valence-corrected chi connectivity index (χ0v) is 43.6. The third kappa shape index (κ3) is 50.9. The molecule has 0 spiro atoms. The zero-order chi connectivity index (χ0) is 50.6. The van der Waals surface area contributed by atoms with Gasteiger partial charge in [-0.1, -0.05) is 192 Å². The maximum absolute atomic E-state index is 12.8. The number of carbonyl (C=O) groups is 3. The number of aliphatic carboxylic acids is 1. The number of ether oxygens (including phenoxy) is 4. The summed E-state index contributed by atoms with van der Waals surface area (Å²) in [5, 5.41) is 9.66. The molecule has 0 saturated heterocycles. The van der Waals surface area contributed by atoms with Crippen LogP contribution in [0.3, 0.4) is 0 Å². The molecule has 0 aliphatic rings. The van der Waals surface area contributed by atoms with Gasteiger partial charge in [-0.3, -0.25) is 9.59 Å². The molecule has 9 heteroatoms. The molecule has 0 aromatic heterocycles. The molecule has 0 bridgehead atoms. The van der Waals surface area contributed by atoms with Gasteiger partial charge in [0.15, 0.2) is 6.10 Å². The Balaban J connectivity index is 4.43. The number of likely N-dealkylation sites (N-methyl/N-ethyl adjacent to an activating group) is 1. The van der Waals surface area contributed by atoms with Crippen LogP contribution in [0.15, 0.2) is 146 Å². The lowest BCUT2D eigenvalue weighted by Crippen LogP contribution is -2.40. The highest BCUT2D eigenvalue weighted by Crippen LogP contribution is 2.12. The number of esters is 2. The summed E-state index contributed by atoms with van der Waals surface area (Å²) in [6.45, 7) is 4.48. The number of carboxylic acid groups (broad SMARTS) is 1. The van der Waals surface area contributed by atoms with E-state index < -0.39 is 30.3 Å². The van der Waals surface area contributed by atoms with E-state index in [2.05, 4.69) is 141 Å². The van der Waals surface area contributed by atoms with Crippen molar-refractivity contribution in [2.75, 3.05) is 47.5 Å². The third-order valence-corrected chi connectivity index (χ3v) is 10.1. The standard InChI is InChI=1S/C60H93NO8/c1-6-8-10-12-14-16-18-20-22-23-24-25-26-27-28-29-30-31-32-33-34-35-37-39-41-43-45-47-49-51-58(63)69-56(55-68-60(59(64)65)66-53-52-61(3,4)5)54-67-57(62)50-48-46-44-42-40-38-36-21-19-17-15-13-11-9-7-2/h8-11,14-17,20-22,24-25,27-28,30-31,33-34,36,40,42,46,48,56,60H,6-7,12-13,18-19,23,26,29,32,35,37-39,41,43-45,47,49-55H2,1-5H3/p+1/b10-8-,11-9-,16-14-,17-15-,22-20-,25-24-,28-27-,31-30-,34-33-,36-21-,42-40-,48-46-. The molecule has 0 saturated carbocycles. The molecule has 0 aromatic carbocycles. The number of nitrogens with zero attached hydrogens (tertiary/aromatic N) is 1. The second-order valence-electron chi connectivity index (χ2n) is 17.7. The van der Waals surface area contributed by atoms with Crippen LogP contribution in [0.5, 0.6) is 0 Å². The number of carboxylic acids is 1. The van der Waals surface area contributed by atoms with E-state index >= 15 is 0 Å². The average Bonchev–Trinajstić information content (AvgIpc) is 3.31. The van der Waals surface area contributed by atoms with Gasteiger partial charge in [0, 0.05) is 6.42 Å². The number of quaternary nitrogens is 1. The minimum absolute atomic E-state index is 0.0583. The van der Waals surface area contributed by atoms with Crippen LogP contribution in [0.2, 0.25) is 0 Å². The number of carbonyl (C=O) groups excluding carboxylic acids is 2. The minimum Gasteiger partial charge on any atom is -0.477 e. The van der Waals surface area contributed by atoms with Crippen LogP contribution in [-0.4, -0.2) is 87.4 Å². The molecule has 9 nitrogen and oxygen atoms in total. The van der Waals surface area contributed by atoms with Crippen LogP contribution in [0, 0.1) is 0 Å². The molecule has 0 radical (unpaired) electrons. The van der Waals surface area contributed by atoms with Gasteiger partial charge in [-0.05, 0) is 96.3 Å². The third-order valence-electron chi connectivity index (χ3n) is 10.1. The van der Waals surface area contributed by atoms with Crippen molar-refractivity contribution in [1.29, 1.82) is 0 Å². The van der Waals surface area contributed by atoms with Gasteiger partial charge < -0.3 is 28.5 Å². The topological polar surface area (TPSA) is 108 Å². The van der Waals surface area contributed by atoms with Crippen LogP contribution in [0.4, 0.5) is 0 Å². The van der Waals surface area contributed by atoms with Crippen molar-refractivity contribution in [1.82, 2.24) is 0 Å². The van der Waals surface area contributed by atoms with Crippen LogP contribution in [0.25, 0.3) is 0 Å². The summed E-state index contributed by atoms with van der Waals surface area (Å²) >= 11 is 0. The van der Waals surface area contributed by atoms with Gasteiger partial charge in [-0.15, -0.1) is 0 Å². The molecule has 0 aliphatic carbocycles. The number of rotatable bonds is 45. The second-order valence-corrected chi connectivity index (χ2v) is 17.7. The predicted octanol–water partition coefficient (Wildman–Crippen LogP) is 14.9. The minimum atomic E-state index is -1.54. The van der Waals surface area contributed by atoms with Gasteiger partial charge in [-0.2, -0.15) is 0 Å². The van der Waals surface area contributed by atoms with E-state index in [0.29, 0.717) is 23.9 Å². The summed E-state index contributed by atoms with van der Waals surface area (Å²) < 4.78 is 22.6. The fraction of sp³-hybridized carbons (Fsp3) is 0.550. The lowest BCUT2D eigenvalue weighted by Gasteiger charge is -2.25. The first-order valence-electron chi connectivity index (χ1n) is 26.0. The first kappa shape index (κ1) is 64.2. The molecule has 0 heterocycles. The van der Waals surface area contributed by atoms with Crippen molar-refractivity contribution in [3.8, 4) is 0 Å². The zero-order valence-electron chi connectivity index (χ0n) is 43.6. The fourth-order valence-electron chi connectivity index (χ4n) is 6.18. The summed E-state index contributed by atoms with van der Waals surface area (Å²) in [4.78, 5) is 37.2. The average molecular weight is 957 g/mol. The number of allylic oxidation sites excluding steroid dienone is 23. The Morgan fingerprint density at radius 3 is 1.23 bits per heavy atom. The molecule has 2 atom stereocenters. The Kier molecular flexibility index (Phi) is 46.1. The summed E-state index contributed by atoms with van der Waals surface area (Å²) in [6.07, 6.45) is 69.5. The Labute approximate surface area is 420 Å². The van der Waals surface area contributed by atoms with Crippen LogP contribution < -0.4 is 0 Å². The van der Waals surface area contributed by atoms with Gasteiger partial charge in [0.25, 0.3) is 6.29 Å². The predicted molar refractivity (Wildman–Crippen MR) is 290 cm³/mol. The highest BCUT2D eigenvalue weighted by atomic mass is 16.7. The molecule has 386 valence electrons. The molecule has 0 rings (SSSR count). The molecular formula is C60H94NO8+. The SMILES string of the molecule is CC/C=C\C/C=C\C/C=C\C/C=C\C/C=C\C/C=C\C/C=C\CCCCCCCCCC(=O)OC(COC(=O)C/C=C\C/C=C\C/C=C\C/C=C\C/C=C\CC)COC(OCC[N+](C)(C)C)C(=O)O. The summed E-state index contributed by atoms with van der Waals surface area (Å²) in [6, 6.07) is 0. The lowest BCUT2D eigenvalue weighted by atomic mass is 10.1. The monoisotopic (exact) mass is 957 g/mol. The van der Waals surface area contributed by atoms with Crippen LogP contribution in [0.1, 0.15) is 155 Å². The summed E-state index contributed by atoms with van der Waals surface area (Å²) in [7, 11) is 5.92. The molecular weight excluding hydrogens is 863 g/mol. The van der Waals surface area contributed by atoms with Gasteiger partial charge >= 0.3 is 17.9 Å². The molecule has 0 aliphatic heterocycles. The van der Waals surface area contributed by atoms with Crippen LogP contribution in [-0.2, 0) is 33.3 Å². The van der Waals surface area contributed by atoms with Crippen molar-refractivity contribution < 1.29 is 42.9 Å². The molecule has 0 fully saturated rings. The van der Waals surface area contributed by atoms with Crippen molar-refractivity contribution in [3.63, 3.8) is 0 Å². The first-order valence-corrected chi connectivity index (χ1v) is 26.0. The van der Waals surface area contributed by atoms with Crippen molar-refractivity contribution in [2.45, 2.75) is 167 Å². The van der Waals surface area contributed by atoms with E-state index in [1.54, 1.807) is 6.08 Å². The highest BCUT2D eigenvalue weighted by Gasteiger charge is 2.25. The van der Waals surface area contributed by atoms with Crippen molar-refractivity contribution in [2.24, 2.45) is 0 Å². The van der Waals surface area contributed by atoms with E-state index in [0.717, 1.165) is 103 Å². The van der Waals surface area contributed by atoms with Crippen molar-refractivity contribution in [3.05, 3.63) is 146 Å². The number of unbranched alkanes of at least 4 members (excludes halogenated alkanes) is 7. The van der Waals surface area contributed by atoms with Gasteiger partial charge in [0.05, 0.1) is 40.8 Å². The summed E-state index contributed by atoms with van der Waals surface area (Å²) in [5.41, 5.74) is 0. The van der Waals surface area contributed by atoms with Crippen molar-refractivity contribution >= 4 is 17.9 Å². The number of hydrogen-bond donors (Lipinski definition) is 1. The maximum atomic E-state index is 12.8. The molecule has 2 unspecified atom stereocenters. The Morgan fingerprint density at radius 2 is 0.826 bits per heavy atom. The van der Waals surface area contributed by atoms with E-state index in [9.17, 15) is 19.5 Å². The highest BCUT2D eigenvalue weighted by molar-refractivity contribution is 5.72. The van der Waals surface area contributed by atoms with E-state index in [-0.39, 0.29) is 32.7 Å². The van der Waals surface area contributed by atoms with Gasteiger partial charge in [-0.25, -0.2) is 4.79 Å². The largest absolute Gasteiger partial charge is 0.477 e. The first-order chi connectivity index (χ1) is 33.6. The second kappa shape index (κ2) is 49.6. The van der Waals surface area contributed by atoms with Gasteiger partial charge in [0.2, 0.25) is 0 Å². The van der Waals surface area contributed by atoms with Crippen LogP contribution >= 0.6 is 0 Å². The number of hydrogen-bond acceptors (Lipinski definition) is 7. The van der Waals surface area contributed by atoms with E-state index in [1.165, 1.54) is 12.8 Å². The quantitative estimate of drug-likeness (QED) is 0.0211. The maximum Gasteiger partial charge on any atom is 0.361 e. The Hall–Kier alpha value is -4.83. The molecule has 0 aromatic rings. The molecule has 1 N–H and O–H groups in total. The normalized spacial score (nSPS) is 14.0. The van der Waals surface area contributed by atoms with E-state index in [1.807, 2.05) is 33.3 Å². The molecule has 0 amide bonds. The smallest absolute Gasteiger partial charge is 0.361 e.